The van der Waals surface area contributed by atoms with E-state index in [9.17, 15) is 0 Å². The molecule has 0 radical (unpaired) electrons. The standard InChI is InChI=1S/C15H21N/c1-11-9-12(2)15(13(3)10-11)7-6-14-5-4-8-16-14/h6-7,9-10,14,16H,4-5,8H2,1-3H3/b7-6+. The highest BCUT2D eigenvalue weighted by Crippen LogP contribution is 2.19. The molecule has 1 aromatic rings. The molecule has 1 unspecified atom stereocenters. The fraction of sp³-hybridized carbons (Fsp3) is 0.467. The monoisotopic (exact) mass is 215 g/mol. The Morgan fingerprint density at radius 3 is 2.44 bits per heavy atom. The third-order valence-corrected chi connectivity index (χ3v) is 3.33. The first-order valence-electron chi connectivity index (χ1n) is 6.16. The van der Waals surface area contributed by atoms with Gasteiger partial charge in [-0.25, -0.2) is 0 Å². The van der Waals surface area contributed by atoms with E-state index in [-0.39, 0.29) is 0 Å². The maximum atomic E-state index is 3.49. The van der Waals surface area contributed by atoms with Gasteiger partial charge in [-0.2, -0.15) is 0 Å². The van der Waals surface area contributed by atoms with Crippen LogP contribution in [0.15, 0.2) is 18.2 Å². The molecular formula is C15H21N. The average Bonchev–Trinajstić information content (AvgIpc) is 2.68. The Morgan fingerprint density at radius 1 is 1.19 bits per heavy atom. The molecule has 1 heteroatoms. The van der Waals surface area contributed by atoms with Crippen molar-refractivity contribution in [3.05, 3.63) is 40.5 Å². The van der Waals surface area contributed by atoms with E-state index in [1.807, 2.05) is 0 Å². The first-order valence-corrected chi connectivity index (χ1v) is 6.16. The molecule has 1 aliphatic heterocycles. The van der Waals surface area contributed by atoms with Crippen molar-refractivity contribution in [2.45, 2.75) is 39.7 Å². The van der Waals surface area contributed by atoms with Crippen LogP contribution in [0, 0.1) is 20.8 Å². The largest absolute Gasteiger partial charge is 0.311 e. The minimum atomic E-state index is 0.583. The third kappa shape index (κ3) is 2.53. The van der Waals surface area contributed by atoms with Crippen molar-refractivity contribution in [1.82, 2.24) is 5.32 Å². The molecule has 0 aromatic heterocycles. The highest BCUT2D eigenvalue weighted by molar-refractivity contribution is 5.59. The number of aryl methyl sites for hydroxylation is 3. The summed E-state index contributed by atoms with van der Waals surface area (Å²) in [6.07, 6.45) is 7.19. The predicted octanol–water partition coefficient (Wildman–Crippen LogP) is 3.38. The van der Waals surface area contributed by atoms with Crippen molar-refractivity contribution in [1.29, 1.82) is 0 Å². The molecule has 1 N–H and O–H groups in total. The molecular weight excluding hydrogens is 194 g/mol. The summed E-state index contributed by atoms with van der Waals surface area (Å²) in [6, 6.07) is 5.10. The van der Waals surface area contributed by atoms with Gasteiger partial charge in [0.15, 0.2) is 0 Å². The predicted molar refractivity (Wildman–Crippen MR) is 70.7 cm³/mol. The van der Waals surface area contributed by atoms with Gasteiger partial charge in [-0.15, -0.1) is 0 Å². The zero-order chi connectivity index (χ0) is 11.5. The lowest BCUT2D eigenvalue weighted by Gasteiger charge is -2.08. The minimum Gasteiger partial charge on any atom is -0.311 e. The van der Waals surface area contributed by atoms with Crippen LogP contribution >= 0.6 is 0 Å². The van der Waals surface area contributed by atoms with Crippen molar-refractivity contribution < 1.29 is 0 Å². The Kier molecular flexibility index (Phi) is 3.45. The Hall–Kier alpha value is -1.08. The van der Waals surface area contributed by atoms with Gasteiger partial charge in [-0.3, -0.25) is 0 Å². The summed E-state index contributed by atoms with van der Waals surface area (Å²) in [6.45, 7) is 7.72. The van der Waals surface area contributed by atoms with Gasteiger partial charge in [0, 0.05) is 6.04 Å². The highest BCUT2D eigenvalue weighted by Gasteiger charge is 2.10. The molecule has 1 aromatic carbocycles. The van der Waals surface area contributed by atoms with Crippen LogP contribution < -0.4 is 5.32 Å². The lowest BCUT2D eigenvalue weighted by molar-refractivity contribution is 0.730. The summed E-state index contributed by atoms with van der Waals surface area (Å²) < 4.78 is 0. The van der Waals surface area contributed by atoms with E-state index >= 15 is 0 Å². The van der Waals surface area contributed by atoms with E-state index in [0.29, 0.717) is 6.04 Å². The molecule has 1 heterocycles. The maximum Gasteiger partial charge on any atom is 0.0253 e. The van der Waals surface area contributed by atoms with Gasteiger partial charge in [-0.05, 0) is 56.8 Å². The minimum absolute atomic E-state index is 0.583. The molecule has 16 heavy (non-hydrogen) atoms. The summed E-state index contributed by atoms with van der Waals surface area (Å²) in [5.74, 6) is 0. The fourth-order valence-electron chi connectivity index (χ4n) is 2.54. The van der Waals surface area contributed by atoms with Crippen molar-refractivity contribution >= 4 is 6.08 Å². The first-order chi connectivity index (χ1) is 7.66. The van der Waals surface area contributed by atoms with Crippen LogP contribution in [-0.4, -0.2) is 12.6 Å². The van der Waals surface area contributed by atoms with Gasteiger partial charge >= 0.3 is 0 Å². The van der Waals surface area contributed by atoms with Gasteiger partial charge < -0.3 is 5.32 Å². The number of benzene rings is 1. The molecule has 86 valence electrons. The van der Waals surface area contributed by atoms with Crippen LogP contribution in [-0.2, 0) is 0 Å². The van der Waals surface area contributed by atoms with E-state index in [1.165, 1.54) is 41.6 Å². The Bertz CT molecular complexity index is 375. The second kappa shape index (κ2) is 4.84. The normalized spacial score (nSPS) is 20.8. The zero-order valence-electron chi connectivity index (χ0n) is 10.5. The number of rotatable bonds is 2. The second-order valence-electron chi connectivity index (χ2n) is 4.87. The Labute approximate surface area is 98.6 Å². The van der Waals surface area contributed by atoms with Crippen LogP contribution in [0.1, 0.15) is 35.1 Å². The van der Waals surface area contributed by atoms with Crippen molar-refractivity contribution in [2.75, 3.05) is 6.54 Å². The van der Waals surface area contributed by atoms with Crippen LogP contribution in [0.3, 0.4) is 0 Å². The van der Waals surface area contributed by atoms with E-state index < -0.39 is 0 Å². The molecule has 0 bridgehead atoms. The summed E-state index contributed by atoms with van der Waals surface area (Å²) in [4.78, 5) is 0. The van der Waals surface area contributed by atoms with E-state index in [1.54, 1.807) is 0 Å². The van der Waals surface area contributed by atoms with Crippen LogP contribution in [0.25, 0.3) is 6.08 Å². The maximum absolute atomic E-state index is 3.49. The van der Waals surface area contributed by atoms with Crippen LogP contribution in [0.2, 0.25) is 0 Å². The average molecular weight is 215 g/mol. The van der Waals surface area contributed by atoms with Gasteiger partial charge in [0.1, 0.15) is 0 Å². The fourth-order valence-corrected chi connectivity index (χ4v) is 2.54. The van der Waals surface area contributed by atoms with E-state index in [4.69, 9.17) is 0 Å². The summed E-state index contributed by atoms with van der Waals surface area (Å²) in [5.41, 5.74) is 5.50. The Balaban J connectivity index is 2.20. The van der Waals surface area contributed by atoms with Crippen LogP contribution in [0.5, 0.6) is 0 Å². The molecule has 1 fully saturated rings. The van der Waals surface area contributed by atoms with Gasteiger partial charge in [0.05, 0.1) is 0 Å². The molecule has 1 saturated heterocycles. The van der Waals surface area contributed by atoms with Gasteiger partial charge in [0.25, 0.3) is 0 Å². The zero-order valence-corrected chi connectivity index (χ0v) is 10.5. The van der Waals surface area contributed by atoms with Crippen molar-refractivity contribution in [2.24, 2.45) is 0 Å². The molecule has 1 aliphatic rings. The second-order valence-corrected chi connectivity index (χ2v) is 4.87. The molecule has 1 nitrogen and oxygen atoms in total. The summed E-state index contributed by atoms with van der Waals surface area (Å²) in [5, 5.41) is 3.49. The van der Waals surface area contributed by atoms with Gasteiger partial charge in [0.2, 0.25) is 0 Å². The van der Waals surface area contributed by atoms with E-state index in [2.05, 4.69) is 50.4 Å². The SMILES string of the molecule is Cc1cc(C)c(/C=C/C2CCCN2)c(C)c1. The quantitative estimate of drug-likeness (QED) is 0.797. The number of nitrogens with one attached hydrogen (secondary N) is 1. The van der Waals surface area contributed by atoms with Crippen molar-refractivity contribution in [3.63, 3.8) is 0 Å². The topological polar surface area (TPSA) is 12.0 Å². The first kappa shape index (κ1) is 11.4. The number of hydrogen-bond donors (Lipinski definition) is 1. The molecule has 0 aliphatic carbocycles. The molecule has 0 spiro atoms. The van der Waals surface area contributed by atoms with Gasteiger partial charge in [-0.1, -0.05) is 29.8 Å². The highest BCUT2D eigenvalue weighted by atomic mass is 14.9. The summed E-state index contributed by atoms with van der Waals surface area (Å²) in [7, 11) is 0. The summed E-state index contributed by atoms with van der Waals surface area (Å²) >= 11 is 0. The van der Waals surface area contributed by atoms with E-state index in [0.717, 1.165) is 0 Å². The smallest absolute Gasteiger partial charge is 0.0253 e. The third-order valence-electron chi connectivity index (χ3n) is 3.33. The molecule has 0 saturated carbocycles. The lowest BCUT2D eigenvalue weighted by atomic mass is 9.99. The lowest BCUT2D eigenvalue weighted by Crippen LogP contribution is -2.18. The number of hydrogen-bond acceptors (Lipinski definition) is 1. The molecule has 1 atom stereocenters. The molecule has 2 rings (SSSR count). The van der Waals surface area contributed by atoms with Crippen LogP contribution in [0.4, 0.5) is 0 Å². The van der Waals surface area contributed by atoms with Crippen molar-refractivity contribution in [3.8, 4) is 0 Å². The molecule has 0 amide bonds. The Morgan fingerprint density at radius 2 is 1.88 bits per heavy atom.